The van der Waals surface area contributed by atoms with Gasteiger partial charge in [-0.15, -0.1) is 5.10 Å². The number of nitro groups is 1. The van der Waals surface area contributed by atoms with Crippen LogP contribution >= 0.6 is 0 Å². The van der Waals surface area contributed by atoms with Crippen LogP contribution in [0.2, 0.25) is 0 Å². The molecule has 1 aliphatic rings. The molecule has 2 aromatic heterocycles. The van der Waals surface area contributed by atoms with Gasteiger partial charge in [0.2, 0.25) is 0 Å². The van der Waals surface area contributed by atoms with Crippen molar-refractivity contribution in [1.29, 1.82) is 0 Å². The summed E-state index contributed by atoms with van der Waals surface area (Å²) >= 11 is 0. The molecule has 0 amide bonds. The summed E-state index contributed by atoms with van der Waals surface area (Å²) in [6.07, 6.45) is 8.82. The maximum atomic E-state index is 10.8. The Morgan fingerprint density at radius 1 is 1.43 bits per heavy atom. The SMILES string of the molecule is Cn1c([N+](=O)[O-])cnc1CCn1cc(C2CCCC2)nn1. The lowest BCUT2D eigenvalue weighted by Crippen LogP contribution is -2.07. The molecule has 0 bridgehead atoms. The van der Waals surface area contributed by atoms with Crippen LogP contribution in [0.25, 0.3) is 0 Å². The smallest absolute Gasteiger partial charge is 0.342 e. The Kier molecular flexibility index (Phi) is 3.68. The summed E-state index contributed by atoms with van der Waals surface area (Å²) in [5, 5.41) is 19.2. The van der Waals surface area contributed by atoms with Crippen LogP contribution in [0.5, 0.6) is 0 Å². The van der Waals surface area contributed by atoms with Crippen molar-refractivity contribution in [2.24, 2.45) is 7.05 Å². The van der Waals surface area contributed by atoms with Gasteiger partial charge in [0.1, 0.15) is 6.20 Å². The van der Waals surface area contributed by atoms with Crippen molar-refractivity contribution < 1.29 is 4.92 Å². The van der Waals surface area contributed by atoms with Crippen molar-refractivity contribution in [2.75, 3.05) is 0 Å². The lowest BCUT2D eigenvalue weighted by atomic mass is 10.1. The van der Waals surface area contributed by atoms with Gasteiger partial charge in [0.05, 0.1) is 19.3 Å². The summed E-state index contributed by atoms with van der Waals surface area (Å²) in [5.41, 5.74) is 1.07. The molecule has 3 rings (SSSR count). The molecule has 2 heterocycles. The maximum absolute atomic E-state index is 10.8. The van der Waals surface area contributed by atoms with Crippen LogP contribution in [0.15, 0.2) is 12.4 Å². The number of hydrogen-bond acceptors (Lipinski definition) is 5. The van der Waals surface area contributed by atoms with E-state index >= 15 is 0 Å². The second-order valence-corrected chi connectivity index (χ2v) is 5.49. The van der Waals surface area contributed by atoms with Crippen molar-refractivity contribution in [1.82, 2.24) is 24.5 Å². The molecule has 0 radical (unpaired) electrons. The van der Waals surface area contributed by atoms with Crippen LogP contribution in [0.1, 0.15) is 43.1 Å². The van der Waals surface area contributed by atoms with E-state index in [4.69, 9.17) is 0 Å². The normalized spacial score (nSPS) is 15.7. The highest BCUT2D eigenvalue weighted by Crippen LogP contribution is 2.32. The van der Waals surface area contributed by atoms with E-state index in [1.54, 1.807) is 11.7 Å². The highest BCUT2D eigenvalue weighted by Gasteiger charge is 2.20. The fourth-order valence-corrected chi connectivity index (χ4v) is 2.89. The van der Waals surface area contributed by atoms with Gasteiger partial charge in [0.15, 0.2) is 5.82 Å². The lowest BCUT2D eigenvalue weighted by Gasteiger charge is -2.02. The number of imidazole rings is 1. The Bertz CT molecular complexity index is 641. The quantitative estimate of drug-likeness (QED) is 0.618. The van der Waals surface area contributed by atoms with Crippen molar-refractivity contribution >= 4 is 5.82 Å². The molecule has 0 aromatic carbocycles. The lowest BCUT2D eigenvalue weighted by molar-refractivity contribution is -0.391. The number of nitrogens with zero attached hydrogens (tertiary/aromatic N) is 6. The summed E-state index contributed by atoms with van der Waals surface area (Å²) < 4.78 is 3.31. The molecule has 21 heavy (non-hydrogen) atoms. The van der Waals surface area contributed by atoms with Gasteiger partial charge < -0.3 is 10.1 Å². The van der Waals surface area contributed by atoms with Crippen molar-refractivity contribution in [3.63, 3.8) is 0 Å². The van der Waals surface area contributed by atoms with Crippen molar-refractivity contribution in [3.8, 4) is 0 Å². The largest absolute Gasteiger partial charge is 0.358 e. The first kappa shape index (κ1) is 13.7. The third kappa shape index (κ3) is 2.79. The van der Waals surface area contributed by atoms with Gasteiger partial charge in [-0.05, 0) is 17.8 Å². The Balaban J connectivity index is 1.64. The second-order valence-electron chi connectivity index (χ2n) is 5.49. The van der Waals surface area contributed by atoms with Gasteiger partial charge in [-0.25, -0.2) is 9.55 Å². The zero-order valence-corrected chi connectivity index (χ0v) is 12.0. The van der Waals surface area contributed by atoms with Gasteiger partial charge in [0, 0.05) is 18.5 Å². The third-order valence-electron chi connectivity index (χ3n) is 4.14. The van der Waals surface area contributed by atoms with Gasteiger partial charge in [-0.2, -0.15) is 0 Å². The molecule has 1 saturated carbocycles. The minimum atomic E-state index is -0.426. The van der Waals surface area contributed by atoms with Gasteiger partial charge in [0.25, 0.3) is 0 Å². The first-order valence-electron chi connectivity index (χ1n) is 7.20. The van der Waals surface area contributed by atoms with E-state index in [2.05, 4.69) is 15.3 Å². The Labute approximate surface area is 121 Å². The molecule has 1 aliphatic carbocycles. The molecule has 0 saturated heterocycles. The highest BCUT2D eigenvalue weighted by molar-refractivity contribution is 5.18. The Hall–Kier alpha value is -2.25. The predicted octanol–water partition coefficient (Wildman–Crippen LogP) is 1.82. The van der Waals surface area contributed by atoms with Crippen LogP contribution in [0, 0.1) is 10.1 Å². The van der Waals surface area contributed by atoms with Crippen LogP contribution in [0.4, 0.5) is 5.82 Å². The van der Waals surface area contributed by atoms with E-state index in [0.717, 1.165) is 5.69 Å². The molecule has 1 fully saturated rings. The average molecular weight is 290 g/mol. The highest BCUT2D eigenvalue weighted by atomic mass is 16.6. The second kappa shape index (κ2) is 5.63. The van der Waals surface area contributed by atoms with E-state index in [0.29, 0.717) is 24.7 Å². The van der Waals surface area contributed by atoms with Crippen molar-refractivity contribution in [2.45, 2.75) is 44.6 Å². The molecule has 112 valence electrons. The van der Waals surface area contributed by atoms with Crippen molar-refractivity contribution in [3.05, 3.63) is 34.0 Å². The third-order valence-corrected chi connectivity index (χ3v) is 4.14. The minimum absolute atomic E-state index is 0.00948. The van der Waals surface area contributed by atoms with Crippen LogP contribution in [-0.4, -0.2) is 29.5 Å². The fourth-order valence-electron chi connectivity index (χ4n) is 2.89. The Morgan fingerprint density at radius 3 is 2.86 bits per heavy atom. The summed E-state index contributed by atoms with van der Waals surface area (Å²) in [7, 11) is 1.66. The van der Waals surface area contributed by atoms with Gasteiger partial charge >= 0.3 is 5.82 Å². The minimum Gasteiger partial charge on any atom is -0.358 e. The van der Waals surface area contributed by atoms with Crippen LogP contribution < -0.4 is 0 Å². The van der Waals surface area contributed by atoms with Crippen LogP contribution in [-0.2, 0) is 20.0 Å². The van der Waals surface area contributed by atoms with Gasteiger partial charge in [-0.1, -0.05) is 18.1 Å². The fraction of sp³-hybridized carbons (Fsp3) is 0.615. The zero-order valence-electron chi connectivity index (χ0n) is 12.0. The van der Waals surface area contributed by atoms with Gasteiger partial charge in [-0.3, -0.25) is 4.68 Å². The maximum Gasteiger partial charge on any atom is 0.342 e. The first-order chi connectivity index (χ1) is 10.1. The summed E-state index contributed by atoms with van der Waals surface area (Å²) in [5.74, 6) is 1.24. The standard InChI is InChI=1S/C13H18N6O2/c1-17-12(14-8-13(17)19(20)21)6-7-18-9-11(15-16-18)10-4-2-3-5-10/h8-10H,2-7H2,1H3. The topological polar surface area (TPSA) is 91.7 Å². The molecule has 2 aromatic rings. The molecule has 0 unspecified atom stereocenters. The number of aromatic nitrogens is 5. The predicted molar refractivity (Wildman–Crippen MR) is 74.8 cm³/mol. The van der Waals surface area contributed by atoms with Crippen LogP contribution in [0.3, 0.4) is 0 Å². The molecular weight excluding hydrogens is 272 g/mol. The molecule has 0 N–H and O–H groups in total. The van der Waals surface area contributed by atoms with E-state index in [-0.39, 0.29) is 5.82 Å². The van der Waals surface area contributed by atoms with E-state index in [9.17, 15) is 10.1 Å². The average Bonchev–Trinajstić information content (AvgIpc) is 3.17. The first-order valence-corrected chi connectivity index (χ1v) is 7.20. The monoisotopic (exact) mass is 290 g/mol. The number of hydrogen-bond donors (Lipinski definition) is 0. The summed E-state index contributed by atoms with van der Waals surface area (Å²) in [6.45, 7) is 0.627. The Morgan fingerprint density at radius 2 is 2.19 bits per heavy atom. The molecule has 0 spiro atoms. The molecule has 8 nitrogen and oxygen atoms in total. The van der Waals surface area contributed by atoms with E-state index in [1.807, 2.05) is 6.20 Å². The molecule has 0 atom stereocenters. The molecule has 0 aliphatic heterocycles. The molecule has 8 heteroatoms. The number of aryl methyl sites for hydroxylation is 2. The zero-order chi connectivity index (χ0) is 14.8. The summed E-state index contributed by atoms with van der Waals surface area (Å²) in [6, 6.07) is 0. The summed E-state index contributed by atoms with van der Waals surface area (Å²) in [4.78, 5) is 14.4. The van der Waals surface area contributed by atoms with E-state index in [1.165, 1.54) is 36.4 Å². The number of rotatable bonds is 5. The van der Waals surface area contributed by atoms with E-state index < -0.39 is 4.92 Å². The molecular formula is C13H18N6O2.